The quantitative estimate of drug-likeness (QED) is 0.222. The molecule has 192 valence electrons. The molecule has 7 heteroatoms. The summed E-state index contributed by atoms with van der Waals surface area (Å²) in [6.45, 7) is 14.0. The van der Waals surface area contributed by atoms with Gasteiger partial charge in [0.2, 0.25) is 0 Å². The van der Waals surface area contributed by atoms with Gasteiger partial charge in [-0.3, -0.25) is 4.57 Å². The van der Waals surface area contributed by atoms with Crippen molar-refractivity contribution in [3.05, 3.63) is 108 Å². The van der Waals surface area contributed by atoms with Gasteiger partial charge in [0.1, 0.15) is 29.0 Å². The minimum Gasteiger partial charge on any atom is -0.459 e. The Labute approximate surface area is 225 Å². The van der Waals surface area contributed by atoms with Crippen LogP contribution in [0.1, 0.15) is 26.3 Å². The second kappa shape index (κ2) is 9.10. The summed E-state index contributed by atoms with van der Waals surface area (Å²) in [6, 6.07) is 20.1. The van der Waals surface area contributed by atoms with E-state index in [-0.39, 0.29) is 11.2 Å². The first kappa shape index (κ1) is 24.4. The molecule has 6 rings (SSSR count). The van der Waals surface area contributed by atoms with Crippen LogP contribution in [0.25, 0.3) is 43.9 Å². The van der Waals surface area contributed by atoms with E-state index >= 15 is 0 Å². The van der Waals surface area contributed by atoms with Crippen LogP contribution in [0.5, 0.6) is 11.5 Å². The Morgan fingerprint density at radius 2 is 1.62 bits per heavy atom. The first-order chi connectivity index (χ1) is 18.7. The highest BCUT2D eigenvalue weighted by Crippen LogP contribution is 2.37. The zero-order valence-electron chi connectivity index (χ0n) is 22.1. The molecular formula is C32H26FN5O. The molecule has 0 N–H and O–H groups in total. The van der Waals surface area contributed by atoms with Gasteiger partial charge in [-0.15, -0.1) is 0 Å². The lowest BCUT2D eigenvalue weighted by molar-refractivity contribution is 0.484. The Balaban J connectivity index is 1.51. The van der Waals surface area contributed by atoms with Crippen molar-refractivity contribution in [1.82, 2.24) is 19.1 Å². The number of nitrogens with zero attached hydrogens (tertiary/aromatic N) is 5. The Morgan fingerprint density at radius 3 is 2.33 bits per heavy atom. The van der Waals surface area contributed by atoms with Gasteiger partial charge >= 0.3 is 0 Å². The normalized spacial score (nSPS) is 11.7. The van der Waals surface area contributed by atoms with Gasteiger partial charge in [0, 0.05) is 48.0 Å². The maximum absolute atomic E-state index is 14.5. The predicted octanol–water partition coefficient (Wildman–Crippen LogP) is 8.36. The summed E-state index contributed by atoms with van der Waals surface area (Å²) >= 11 is 0. The number of hydrogen-bond acceptors (Lipinski definition) is 3. The molecule has 0 unspecified atom stereocenters. The summed E-state index contributed by atoms with van der Waals surface area (Å²) in [5, 5.41) is 1.89. The summed E-state index contributed by atoms with van der Waals surface area (Å²) in [5.41, 5.74) is 3.88. The molecule has 6 nitrogen and oxygen atoms in total. The third kappa shape index (κ3) is 4.40. The smallest absolute Gasteiger partial charge is 0.191 e. The van der Waals surface area contributed by atoms with E-state index in [2.05, 4.69) is 41.7 Å². The molecule has 3 aromatic heterocycles. The van der Waals surface area contributed by atoms with Crippen molar-refractivity contribution in [1.29, 1.82) is 0 Å². The maximum atomic E-state index is 14.5. The number of benzene rings is 3. The van der Waals surface area contributed by atoms with Crippen molar-refractivity contribution in [2.75, 3.05) is 0 Å². The minimum atomic E-state index is -0.312. The lowest BCUT2D eigenvalue weighted by Crippen LogP contribution is -2.12. The zero-order valence-corrected chi connectivity index (χ0v) is 22.1. The average Bonchev–Trinajstić information content (AvgIpc) is 3.48. The molecule has 0 saturated heterocycles. The third-order valence-corrected chi connectivity index (χ3v) is 6.88. The average molecular weight is 516 g/mol. The summed E-state index contributed by atoms with van der Waals surface area (Å²) < 4.78 is 24.6. The number of ether oxygens (including phenoxy) is 1. The molecule has 3 heterocycles. The summed E-state index contributed by atoms with van der Waals surface area (Å²) in [4.78, 5) is 12.7. The molecule has 0 saturated carbocycles. The first-order valence-corrected chi connectivity index (χ1v) is 12.6. The molecule has 0 spiro atoms. The fourth-order valence-corrected chi connectivity index (χ4v) is 4.90. The van der Waals surface area contributed by atoms with Crippen LogP contribution < -0.4 is 4.74 Å². The van der Waals surface area contributed by atoms with E-state index in [9.17, 15) is 4.39 Å². The van der Waals surface area contributed by atoms with Crippen LogP contribution >= 0.6 is 0 Å². The second-order valence-corrected chi connectivity index (χ2v) is 10.6. The number of pyridine rings is 1. The van der Waals surface area contributed by atoms with Crippen LogP contribution in [0, 0.1) is 12.4 Å². The topological polar surface area (TPSA) is 49.2 Å². The van der Waals surface area contributed by atoms with Gasteiger partial charge in [0.05, 0.1) is 17.6 Å². The van der Waals surface area contributed by atoms with Crippen molar-refractivity contribution in [3.63, 3.8) is 0 Å². The van der Waals surface area contributed by atoms with E-state index in [4.69, 9.17) is 11.3 Å². The summed E-state index contributed by atoms with van der Waals surface area (Å²) in [5.74, 6) is 2.26. The van der Waals surface area contributed by atoms with Crippen molar-refractivity contribution >= 4 is 27.5 Å². The van der Waals surface area contributed by atoms with E-state index in [1.165, 1.54) is 6.07 Å². The molecule has 6 aromatic rings. The minimum absolute atomic E-state index is 0.0746. The van der Waals surface area contributed by atoms with E-state index in [1.54, 1.807) is 36.7 Å². The van der Waals surface area contributed by atoms with Crippen molar-refractivity contribution in [2.24, 2.45) is 7.05 Å². The van der Waals surface area contributed by atoms with Gasteiger partial charge in [0.15, 0.2) is 5.69 Å². The van der Waals surface area contributed by atoms with Crippen LogP contribution in [-0.4, -0.2) is 19.1 Å². The molecule has 0 amide bonds. The van der Waals surface area contributed by atoms with Gasteiger partial charge in [-0.1, -0.05) is 20.8 Å². The highest BCUT2D eigenvalue weighted by molar-refractivity contribution is 6.09. The van der Waals surface area contributed by atoms with Crippen molar-refractivity contribution in [3.8, 4) is 28.7 Å². The van der Waals surface area contributed by atoms with Crippen LogP contribution in [0.4, 0.5) is 10.1 Å². The molecule has 0 bridgehead atoms. The lowest BCUT2D eigenvalue weighted by atomic mass is 9.88. The van der Waals surface area contributed by atoms with Gasteiger partial charge in [-0.05, 0) is 71.6 Å². The Bertz CT molecular complexity index is 1920. The van der Waals surface area contributed by atoms with E-state index in [0.29, 0.717) is 23.0 Å². The number of hydrogen-bond donors (Lipinski definition) is 0. The molecule has 0 radical (unpaired) electrons. The molecule has 0 fully saturated rings. The molecule has 3 aromatic carbocycles. The standard InChI is InChI=1S/C32H26FN5O/c1-32(2,3)21-10-11-35-30(16-21)38-28-17-22(33)6-8-26(28)27-9-7-24(19-29(27)38)39-25-15-20(14-23(18-25)34-4)31-36-12-13-37(31)5/h6-19H,1-3,5H3. The van der Waals surface area contributed by atoms with E-state index in [1.807, 2.05) is 52.7 Å². The Kier molecular flexibility index (Phi) is 5.69. The highest BCUT2D eigenvalue weighted by Gasteiger charge is 2.19. The second-order valence-electron chi connectivity index (χ2n) is 10.6. The zero-order chi connectivity index (χ0) is 27.3. The largest absolute Gasteiger partial charge is 0.459 e. The van der Waals surface area contributed by atoms with Crippen LogP contribution in [0.2, 0.25) is 0 Å². The summed E-state index contributed by atoms with van der Waals surface area (Å²) in [6.07, 6.45) is 5.37. The van der Waals surface area contributed by atoms with Crippen molar-refractivity contribution in [2.45, 2.75) is 26.2 Å². The van der Waals surface area contributed by atoms with Gasteiger partial charge in [-0.25, -0.2) is 19.2 Å². The highest BCUT2D eigenvalue weighted by atomic mass is 19.1. The van der Waals surface area contributed by atoms with E-state index in [0.717, 1.165) is 38.8 Å². The maximum Gasteiger partial charge on any atom is 0.191 e. The van der Waals surface area contributed by atoms with E-state index < -0.39 is 0 Å². The molecule has 0 atom stereocenters. The number of halogens is 1. The first-order valence-electron chi connectivity index (χ1n) is 12.6. The molecule has 0 aliphatic heterocycles. The SMILES string of the molecule is [C-]#[N+]c1cc(Oc2ccc3c4ccc(F)cc4n(-c4cc(C(C)(C)C)ccn4)c3c2)cc(-c2nccn2C)c1. The third-order valence-electron chi connectivity index (χ3n) is 6.88. The monoisotopic (exact) mass is 515 g/mol. The summed E-state index contributed by atoms with van der Waals surface area (Å²) in [7, 11) is 1.91. The number of aromatic nitrogens is 4. The Morgan fingerprint density at radius 1 is 0.846 bits per heavy atom. The molecule has 39 heavy (non-hydrogen) atoms. The molecule has 0 aliphatic carbocycles. The lowest BCUT2D eigenvalue weighted by Gasteiger charge is -2.20. The van der Waals surface area contributed by atoms with Crippen molar-refractivity contribution < 1.29 is 9.13 Å². The molecule has 0 aliphatic rings. The number of aryl methyl sites for hydroxylation is 1. The van der Waals surface area contributed by atoms with Gasteiger partial charge < -0.3 is 9.30 Å². The van der Waals surface area contributed by atoms with Crippen LogP contribution in [-0.2, 0) is 12.5 Å². The number of imidazole rings is 1. The Hall–Kier alpha value is -4.96. The fourth-order valence-electron chi connectivity index (χ4n) is 4.90. The molecular weight excluding hydrogens is 489 g/mol. The predicted molar refractivity (Wildman–Crippen MR) is 152 cm³/mol. The van der Waals surface area contributed by atoms with Crippen LogP contribution in [0.3, 0.4) is 0 Å². The number of fused-ring (bicyclic) bond motifs is 3. The van der Waals surface area contributed by atoms with Gasteiger partial charge in [-0.2, -0.15) is 0 Å². The van der Waals surface area contributed by atoms with Crippen LogP contribution in [0.15, 0.2) is 85.3 Å². The number of rotatable bonds is 4. The fraction of sp³-hybridized carbons (Fsp3) is 0.156. The van der Waals surface area contributed by atoms with Gasteiger partial charge in [0.25, 0.3) is 0 Å².